The number of ether oxygens (including phenoxy) is 1. The molecule has 3 aromatic rings. The van der Waals surface area contributed by atoms with Crippen molar-refractivity contribution in [2.24, 2.45) is 5.10 Å². The maximum atomic E-state index is 11.9. The molecule has 0 unspecified atom stereocenters. The molecule has 0 saturated heterocycles. The second-order valence-electron chi connectivity index (χ2n) is 5.96. The average molecular weight is 376 g/mol. The average Bonchev–Trinajstić information content (AvgIpc) is 3.18. The predicted molar refractivity (Wildman–Crippen MR) is 106 cm³/mol. The van der Waals surface area contributed by atoms with Crippen LogP contribution in [0.3, 0.4) is 0 Å². The Morgan fingerprint density at radius 1 is 1.04 bits per heavy atom. The number of hydrogen-bond acceptors (Lipinski definition) is 5. The normalized spacial score (nSPS) is 10.8. The number of carbonyl (C=O) groups is 2. The van der Waals surface area contributed by atoms with E-state index < -0.39 is 0 Å². The lowest BCUT2D eigenvalue weighted by atomic mass is 10.1. The van der Waals surface area contributed by atoms with E-state index in [2.05, 4.69) is 10.5 Å². The highest BCUT2D eigenvalue weighted by Crippen LogP contribution is 2.22. The summed E-state index contributed by atoms with van der Waals surface area (Å²) < 4.78 is 10.7. The standard InChI is InChI=1S/C22H20N2O4/c1-2-27-22(26)18-10-8-17(9-11-18)20-13-12-19(28-20)15-23-24-21(25)14-16-6-4-3-5-7-16/h3-13,15H,2,14H2,1H3,(H,24,25)/b23-15+. The molecule has 142 valence electrons. The molecule has 0 atom stereocenters. The highest BCUT2D eigenvalue weighted by molar-refractivity contribution is 5.90. The largest absolute Gasteiger partial charge is 0.462 e. The molecule has 0 saturated carbocycles. The van der Waals surface area contributed by atoms with Crippen molar-refractivity contribution in [2.45, 2.75) is 13.3 Å². The zero-order chi connectivity index (χ0) is 19.8. The number of nitrogens with zero attached hydrogens (tertiary/aromatic N) is 1. The number of hydrazone groups is 1. The molecular formula is C22H20N2O4. The number of esters is 1. The van der Waals surface area contributed by atoms with Crippen molar-refractivity contribution in [1.82, 2.24) is 5.43 Å². The smallest absolute Gasteiger partial charge is 0.338 e. The van der Waals surface area contributed by atoms with Gasteiger partial charge in [-0.25, -0.2) is 10.2 Å². The Morgan fingerprint density at radius 2 is 1.79 bits per heavy atom. The van der Waals surface area contributed by atoms with Crippen LogP contribution < -0.4 is 5.43 Å². The monoisotopic (exact) mass is 376 g/mol. The van der Waals surface area contributed by atoms with E-state index in [1.165, 1.54) is 6.21 Å². The topological polar surface area (TPSA) is 80.9 Å². The van der Waals surface area contributed by atoms with Crippen LogP contribution in [0, 0.1) is 0 Å². The number of hydrogen-bond donors (Lipinski definition) is 1. The summed E-state index contributed by atoms with van der Waals surface area (Å²) >= 11 is 0. The van der Waals surface area contributed by atoms with Gasteiger partial charge in [0.05, 0.1) is 24.8 Å². The Bertz CT molecular complexity index is 960. The zero-order valence-electron chi connectivity index (χ0n) is 15.4. The van der Waals surface area contributed by atoms with Crippen LogP contribution in [-0.4, -0.2) is 24.7 Å². The molecular weight excluding hydrogens is 356 g/mol. The quantitative estimate of drug-likeness (QED) is 0.386. The third-order valence-electron chi connectivity index (χ3n) is 3.90. The molecule has 0 spiro atoms. The van der Waals surface area contributed by atoms with Crippen LogP contribution in [0.4, 0.5) is 0 Å². The van der Waals surface area contributed by atoms with Gasteiger partial charge in [-0.3, -0.25) is 4.79 Å². The van der Waals surface area contributed by atoms with E-state index in [9.17, 15) is 9.59 Å². The van der Waals surface area contributed by atoms with E-state index >= 15 is 0 Å². The maximum absolute atomic E-state index is 11.9. The number of furan rings is 1. The zero-order valence-corrected chi connectivity index (χ0v) is 15.4. The molecule has 3 rings (SSSR count). The Balaban J connectivity index is 1.57. The molecule has 1 heterocycles. The summed E-state index contributed by atoms with van der Waals surface area (Å²) in [5.74, 6) is 0.577. The van der Waals surface area contributed by atoms with Crippen LogP contribution in [0.2, 0.25) is 0 Å². The van der Waals surface area contributed by atoms with Crippen LogP contribution in [0.15, 0.2) is 76.2 Å². The highest BCUT2D eigenvalue weighted by atomic mass is 16.5. The molecule has 0 aliphatic rings. The molecule has 0 bridgehead atoms. The lowest BCUT2D eigenvalue weighted by Crippen LogP contribution is -2.19. The van der Waals surface area contributed by atoms with Crippen molar-refractivity contribution in [3.63, 3.8) is 0 Å². The van der Waals surface area contributed by atoms with Gasteiger partial charge in [-0.2, -0.15) is 5.10 Å². The minimum Gasteiger partial charge on any atom is -0.462 e. The number of amides is 1. The van der Waals surface area contributed by atoms with Crippen molar-refractivity contribution in [2.75, 3.05) is 6.61 Å². The molecule has 6 nitrogen and oxygen atoms in total. The Morgan fingerprint density at radius 3 is 2.50 bits per heavy atom. The molecule has 28 heavy (non-hydrogen) atoms. The summed E-state index contributed by atoms with van der Waals surface area (Å²) in [5, 5.41) is 3.92. The second kappa shape index (κ2) is 9.32. The molecule has 1 amide bonds. The second-order valence-corrected chi connectivity index (χ2v) is 5.96. The van der Waals surface area contributed by atoms with Crippen molar-refractivity contribution >= 4 is 18.1 Å². The van der Waals surface area contributed by atoms with Crippen molar-refractivity contribution < 1.29 is 18.7 Å². The minimum atomic E-state index is -0.354. The molecule has 0 fully saturated rings. The van der Waals surface area contributed by atoms with E-state index in [4.69, 9.17) is 9.15 Å². The number of carbonyl (C=O) groups excluding carboxylic acids is 2. The molecule has 0 aliphatic heterocycles. The lowest BCUT2D eigenvalue weighted by molar-refractivity contribution is -0.120. The molecule has 0 radical (unpaired) electrons. The van der Waals surface area contributed by atoms with E-state index in [1.807, 2.05) is 30.3 Å². The first-order valence-corrected chi connectivity index (χ1v) is 8.89. The maximum Gasteiger partial charge on any atom is 0.338 e. The van der Waals surface area contributed by atoms with Gasteiger partial charge >= 0.3 is 5.97 Å². The van der Waals surface area contributed by atoms with E-state index in [0.29, 0.717) is 23.7 Å². The van der Waals surface area contributed by atoms with Crippen LogP contribution in [0.1, 0.15) is 28.6 Å². The van der Waals surface area contributed by atoms with Crippen molar-refractivity contribution in [3.05, 3.63) is 83.6 Å². The first-order valence-electron chi connectivity index (χ1n) is 8.89. The Labute approximate surface area is 162 Å². The molecule has 1 N–H and O–H groups in total. The first kappa shape index (κ1) is 19.1. The van der Waals surface area contributed by atoms with Crippen molar-refractivity contribution in [1.29, 1.82) is 0 Å². The Hall–Kier alpha value is -3.67. The summed E-state index contributed by atoms with van der Waals surface area (Å²) in [6, 6.07) is 19.9. The van der Waals surface area contributed by atoms with Gasteiger partial charge in [-0.15, -0.1) is 0 Å². The predicted octanol–water partition coefficient (Wildman–Crippen LogP) is 3.82. The third kappa shape index (κ3) is 5.17. The SMILES string of the molecule is CCOC(=O)c1ccc(-c2ccc(/C=N/NC(=O)Cc3ccccc3)o2)cc1. The van der Waals surface area contributed by atoms with Gasteiger partial charge in [0, 0.05) is 5.56 Å². The van der Waals surface area contributed by atoms with Gasteiger partial charge in [-0.1, -0.05) is 42.5 Å². The van der Waals surface area contributed by atoms with E-state index in [0.717, 1.165) is 11.1 Å². The Kier molecular flexibility index (Phi) is 6.36. The van der Waals surface area contributed by atoms with Gasteiger partial charge in [0.2, 0.25) is 5.91 Å². The number of rotatable bonds is 7. The van der Waals surface area contributed by atoms with Gasteiger partial charge in [0.1, 0.15) is 11.5 Å². The van der Waals surface area contributed by atoms with Crippen LogP contribution in [0.5, 0.6) is 0 Å². The molecule has 0 aliphatic carbocycles. The number of benzene rings is 2. The van der Waals surface area contributed by atoms with E-state index in [1.54, 1.807) is 43.3 Å². The minimum absolute atomic E-state index is 0.205. The summed E-state index contributed by atoms with van der Waals surface area (Å²) in [6.45, 7) is 2.10. The van der Waals surface area contributed by atoms with Crippen molar-refractivity contribution in [3.8, 4) is 11.3 Å². The van der Waals surface area contributed by atoms with Gasteiger partial charge < -0.3 is 9.15 Å². The van der Waals surface area contributed by atoms with Gasteiger partial charge in [-0.05, 0) is 36.8 Å². The third-order valence-corrected chi connectivity index (χ3v) is 3.90. The molecule has 6 heteroatoms. The summed E-state index contributed by atoms with van der Waals surface area (Å²) in [5.41, 5.74) is 4.70. The van der Waals surface area contributed by atoms with Crippen LogP contribution in [0.25, 0.3) is 11.3 Å². The fourth-order valence-corrected chi connectivity index (χ4v) is 2.55. The molecule has 2 aromatic carbocycles. The highest BCUT2D eigenvalue weighted by Gasteiger charge is 2.08. The van der Waals surface area contributed by atoms with Crippen LogP contribution in [-0.2, 0) is 16.0 Å². The summed E-state index contributed by atoms with van der Waals surface area (Å²) in [7, 11) is 0. The fourth-order valence-electron chi connectivity index (χ4n) is 2.55. The summed E-state index contributed by atoms with van der Waals surface area (Å²) in [6.07, 6.45) is 1.70. The fraction of sp³-hybridized carbons (Fsp3) is 0.136. The summed E-state index contributed by atoms with van der Waals surface area (Å²) in [4.78, 5) is 23.6. The van der Waals surface area contributed by atoms with Gasteiger partial charge in [0.15, 0.2) is 0 Å². The van der Waals surface area contributed by atoms with Crippen LogP contribution >= 0.6 is 0 Å². The van der Waals surface area contributed by atoms with E-state index in [-0.39, 0.29) is 18.3 Å². The molecule has 1 aromatic heterocycles. The lowest BCUT2D eigenvalue weighted by Gasteiger charge is -2.02. The first-order chi connectivity index (χ1) is 13.7. The number of nitrogens with one attached hydrogen (secondary N) is 1. The van der Waals surface area contributed by atoms with Gasteiger partial charge in [0.25, 0.3) is 0 Å².